The van der Waals surface area contributed by atoms with Crippen molar-refractivity contribution < 1.29 is 19.2 Å². The highest BCUT2D eigenvalue weighted by Gasteiger charge is 2.39. The number of nitrogens with zero attached hydrogens (tertiary/aromatic N) is 2. The van der Waals surface area contributed by atoms with Crippen molar-refractivity contribution in [3.63, 3.8) is 0 Å². The molecule has 2 aliphatic rings. The molecule has 0 bridgehead atoms. The van der Waals surface area contributed by atoms with Gasteiger partial charge in [0.25, 0.3) is 0 Å². The molecule has 142 valence electrons. The van der Waals surface area contributed by atoms with Crippen LogP contribution in [0, 0.1) is 0 Å². The van der Waals surface area contributed by atoms with Gasteiger partial charge in [-0.1, -0.05) is 24.3 Å². The summed E-state index contributed by atoms with van der Waals surface area (Å²) in [6, 6.07) is 7.54. The second kappa shape index (κ2) is 7.27. The third-order valence-corrected chi connectivity index (χ3v) is 5.09. The van der Waals surface area contributed by atoms with Crippen LogP contribution in [0.1, 0.15) is 31.9 Å². The van der Waals surface area contributed by atoms with Crippen LogP contribution in [-0.2, 0) is 22.5 Å². The third kappa shape index (κ3) is 4.18. The van der Waals surface area contributed by atoms with E-state index in [4.69, 9.17) is 4.74 Å². The van der Waals surface area contributed by atoms with Crippen LogP contribution in [-0.4, -0.2) is 66.7 Å². The number of hydrogen-bond donors (Lipinski definition) is 1. The van der Waals surface area contributed by atoms with Gasteiger partial charge in [-0.2, -0.15) is 0 Å². The van der Waals surface area contributed by atoms with Gasteiger partial charge >= 0.3 is 6.09 Å². The summed E-state index contributed by atoms with van der Waals surface area (Å²) in [4.78, 5) is 31.0. The quantitative estimate of drug-likeness (QED) is 0.802. The van der Waals surface area contributed by atoms with E-state index in [1.54, 1.807) is 4.90 Å². The topological polar surface area (TPSA) is 54.3 Å². The number of benzene rings is 1. The number of nitrogens with one attached hydrogen (secondary N) is 1. The molecule has 3 rings (SSSR count). The highest BCUT2D eigenvalue weighted by atomic mass is 16.6. The average Bonchev–Trinajstić information content (AvgIpc) is 2.59. The van der Waals surface area contributed by atoms with Gasteiger partial charge < -0.3 is 14.5 Å². The van der Waals surface area contributed by atoms with E-state index in [1.807, 2.05) is 43.9 Å². The van der Waals surface area contributed by atoms with Crippen LogP contribution in [0.2, 0.25) is 0 Å². The Morgan fingerprint density at radius 1 is 1.12 bits per heavy atom. The van der Waals surface area contributed by atoms with E-state index in [9.17, 15) is 9.59 Å². The molecule has 0 spiro atoms. The molecule has 1 saturated heterocycles. The van der Waals surface area contributed by atoms with E-state index in [2.05, 4.69) is 13.1 Å². The molecule has 1 aromatic rings. The number of quaternary nitrogens is 1. The van der Waals surface area contributed by atoms with Gasteiger partial charge in [0.15, 0.2) is 0 Å². The molecule has 0 unspecified atom stereocenters. The maximum atomic E-state index is 13.2. The molecule has 0 radical (unpaired) electrons. The number of rotatable bonds is 1. The summed E-state index contributed by atoms with van der Waals surface area (Å²) in [5.74, 6) is 0.0397. The Labute approximate surface area is 155 Å². The van der Waals surface area contributed by atoms with E-state index in [1.165, 1.54) is 4.90 Å². The Morgan fingerprint density at radius 2 is 1.73 bits per heavy atom. The summed E-state index contributed by atoms with van der Waals surface area (Å²) in [5.41, 5.74) is 1.65. The predicted molar refractivity (Wildman–Crippen MR) is 98.9 cm³/mol. The van der Waals surface area contributed by atoms with Crippen molar-refractivity contribution in [2.45, 2.75) is 45.4 Å². The predicted octanol–water partition coefficient (Wildman–Crippen LogP) is 0.705. The number of hydrogen-bond acceptors (Lipinski definition) is 3. The molecule has 0 aromatic heterocycles. The Balaban J connectivity index is 1.83. The van der Waals surface area contributed by atoms with Crippen molar-refractivity contribution in [2.75, 3.05) is 33.2 Å². The van der Waals surface area contributed by atoms with E-state index < -0.39 is 17.7 Å². The maximum absolute atomic E-state index is 13.2. The second-order valence-corrected chi connectivity index (χ2v) is 8.38. The fourth-order valence-corrected chi connectivity index (χ4v) is 3.58. The minimum atomic E-state index is -0.584. The average molecular weight is 360 g/mol. The Kier molecular flexibility index (Phi) is 5.23. The lowest BCUT2D eigenvalue weighted by molar-refractivity contribution is -0.883. The minimum Gasteiger partial charge on any atom is -0.444 e. The fraction of sp³-hybridized carbons (Fsp3) is 0.600. The van der Waals surface area contributed by atoms with Crippen LogP contribution in [0.15, 0.2) is 24.3 Å². The summed E-state index contributed by atoms with van der Waals surface area (Å²) in [6.45, 7) is 9.34. The van der Waals surface area contributed by atoms with E-state index >= 15 is 0 Å². The van der Waals surface area contributed by atoms with Gasteiger partial charge in [-0.25, -0.2) is 4.79 Å². The number of likely N-dealkylation sites (N-methyl/N-ethyl adjacent to an activating group) is 1. The zero-order chi connectivity index (χ0) is 18.9. The van der Waals surface area contributed by atoms with Gasteiger partial charge in [0.1, 0.15) is 11.6 Å². The zero-order valence-electron chi connectivity index (χ0n) is 16.2. The minimum absolute atomic E-state index is 0.0397. The number of carbonyl (C=O) groups excluding carboxylic acids is 2. The molecule has 26 heavy (non-hydrogen) atoms. The molecule has 1 fully saturated rings. The first-order valence-corrected chi connectivity index (χ1v) is 9.41. The van der Waals surface area contributed by atoms with Gasteiger partial charge in [0.05, 0.1) is 39.8 Å². The van der Waals surface area contributed by atoms with Crippen molar-refractivity contribution in [2.24, 2.45) is 0 Å². The second-order valence-electron chi connectivity index (χ2n) is 8.38. The Morgan fingerprint density at radius 3 is 2.35 bits per heavy atom. The lowest BCUT2D eigenvalue weighted by Crippen LogP contribution is -3.12. The van der Waals surface area contributed by atoms with Gasteiger partial charge in [0.2, 0.25) is 5.91 Å². The van der Waals surface area contributed by atoms with Crippen LogP contribution in [0.3, 0.4) is 0 Å². The summed E-state index contributed by atoms with van der Waals surface area (Å²) in [7, 11) is 2.14. The molecule has 2 aliphatic heterocycles. The molecule has 2 heterocycles. The standard InChI is InChI=1S/C20H29N3O3/c1-20(2,3)26-19(25)23-14-16-8-6-5-7-15(16)13-17(23)18(24)22-11-9-21(4)10-12-22/h5-8,17H,9-14H2,1-4H3/p+1/t17-/m0/s1. The molecule has 1 aromatic carbocycles. The molecule has 1 N–H and O–H groups in total. The highest BCUT2D eigenvalue weighted by molar-refractivity contribution is 5.86. The van der Waals surface area contributed by atoms with Crippen LogP contribution < -0.4 is 4.90 Å². The van der Waals surface area contributed by atoms with E-state index in [0.29, 0.717) is 13.0 Å². The van der Waals surface area contributed by atoms with Crippen molar-refractivity contribution in [3.05, 3.63) is 35.4 Å². The number of piperazine rings is 1. The summed E-state index contributed by atoms with van der Waals surface area (Å²) in [5, 5.41) is 0. The molecule has 6 nitrogen and oxygen atoms in total. The summed E-state index contributed by atoms with van der Waals surface area (Å²) < 4.78 is 5.59. The van der Waals surface area contributed by atoms with E-state index in [0.717, 1.165) is 37.3 Å². The first kappa shape index (κ1) is 18.7. The summed E-state index contributed by atoms with van der Waals surface area (Å²) in [6.07, 6.45) is 0.137. The Hall–Kier alpha value is -2.08. The SMILES string of the molecule is C[NH+]1CCN(C(=O)[C@@H]2Cc3ccccc3CN2C(=O)OC(C)(C)C)CC1. The van der Waals surface area contributed by atoms with Crippen molar-refractivity contribution in [1.29, 1.82) is 0 Å². The zero-order valence-corrected chi connectivity index (χ0v) is 16.2. The van der Waals surface area contributed by atoms with Crippen LogP contribution in [0.5, 0.6) is 0 Å². The normalized spacial score (nSPS) is 21.3. The molecule has 0 aliphatic carbocycles. The molecular weight excluding hydrogens is 330 g/mol. The van der Waals surface area contributed by atoms with Crippen LogP contribution >= 0.6 is 0 Å². The van der Waals surface area contributed by atoms with Crippen molar-refractivity contribution >= 4 is 12.0 Å². The molecule has 6 heteroatoms. The smallest absolute Gasteiger partial charge is 0.411 e. The highest BCUT2D eigenvalue weighted by Crippen LogP contribution is 2.26. The molecular formula is C20H30N3O3+. The van der Waals surface area contributed by atoms with Gasteiger partial charge in [0, 0.05) is 6.42 Å². The molecule has 2 amide bonds. The first-order valence-electron chi connectivity index (χ1n) is 9.41. The van der Waals surface area contributed by atoms with Crippen LogP contribution in [0.4, 0.5) is 4.79 Å². The van der Waals surface area contributed by atoms with Gasteiger partial charge in [-0.15, -0.1) is 0 Å². The maximum Gasteiger partial charge on any atom is 0.411 e. The number of amides is 2. The molecule has 1 atom stereocenters. The largest absolute Gasteiger partial charge is 0.444 e. The number of fused-ring (bicyclic) bond motifs is 1. The van der Waals surface area contributed by atoms with Gasteiger partial charge in [-0.05, 0) is 31.9 Å². The van der Waals surface area contributed by atoms with Crippen LogP contribution in [0.25, 0.3) is 0 Å². The summed E-state index contributed by atoms with van der Waals surface area (Å²) >= 11 is 0. The first-order chi connectivity index (χ1) is 12.2. The fourth-order valence-electron chi connectivity index (χ4n) is 3.58. The number of carbonyl (C=O) groups is 2. The Bertz CT molecular complexity index is 675. The van der Waals surface area contributed by atoms with Crippen molar-refractivity contribution in [1.82, 2.24) is 9.80 Å². The third-order valence-electron chi connectivity index (χ3n) is 5.09. The monoisotopic (exact) mass is 360 g/mol. The van der Waals surface area contributed by atoms with Crippen molar-refractivity contribution in [3.8, 4) is 0 Å². The van der Waals surface area contributed by atoms with E-state index in [-0.39, 0.29) is 5.91 Å². The molecule has 0 saturated carbocycles. The van der Waals surface area contributed by atoms with Gasteiger partial charge in [-0.3, -0.25) is 9.69 Å². The lowest BCUT2D eigenvalue weighted by Gasteiger charge is -2.40. The lowest BCUT2D eigenvalue weighted by atomic mass is 9.93. The number of ether oxygens (including phenoxy) is 1.